The third kappa shape index (κ3) is 3.21. The Morgan fingerprint density at radius 3 is 2.60 bits per heavy atom. The molecular weight excluding hydrogens is 258 g/mol. The zero-order valence-corrected chi connectivity index (χ0v) is 11.6. The minimum Gasteiger partial charge on any atom is -0.477 e. The monoisotopic (exact) mass is 277 g/mol. The van der Waals surface area contributed by atoms with E-state index in [4.69, 9.17) is 9.15 Å². The Morgan fingerprint density at radius 1 is 1.40 bits per heavy atom. The van der Waals surface area contributed by atoms with Crippen molar-refractivity contribution in [3.8, 4) is 5.75 Å². The Labute approximate surface area is 117 Å². The standard InChI is InChI=1S/C15H19NO4/c1-9-6-12(17)13(7-19-9)20-8-14(18)16-15(10-2-3-10)11-4-5-11/h6-7,10-11,15H,2-5,8H2,1H3,(H,16,18). The van der Waals surface area contributed by atoms with Crippen molar-refractivity contribution in [3.63, 3.8) is 0 Å². The Morgan fingerprint density at radius 2 is 2.05 bits per heavy atom. The number of amides is 1. The number of hydrogen-bond acceptors (Lipinski definition) is 4. The van der Waals surface area contributed by atoms with Gasteiger partial charge in [-0.25, -0.2) is 0 Å². The van der Waals surface area contributed by atoms with Crippen LogP contribution < -0.4 is 15.5 Å². The molecule has 0 spiro atoms. The third-order valence-corrected chi connectivity index (χ3v) is 3.88. The van der Waals surface area contributed by atoms with Crippen LogP contribution in [-0.2, 0) is 4.79 Å². The molecule has 2 fully saturated rings. The summed E-state index contributed by atoms with van der Waals surface area (Å²) in [7, 11) is 0. The molecule has 0 radical (unpaired) electrons. The van der Waals surface area contributed by atoms with Crippen LogP contribution in [0.4, 0.5) is 0 Å². The van der Waals surface area contributed by atoms with E-state index >= 15 is 0 Å². The summed E-state index contributed by atoms with van der Waals surface area (Å²) in [6.45, 7) is 1.55. The van der Waals surface area contributed by atoms with Gasteiger partial charge in [0.05, 0.1) is 0 Å². The highest BCUT2D eigenvalue weighted by Gasteiger charge is 2.42. The molecule has 5 nitrogen and oxygen atoms in total. The first-order valence-corrected chi connectivity index (χ1v) is 7.15. The summed E-state index contributed by atoms with van der Waals surface area (Å²) in [5.74, 6) is 1.75. The fourth-order valence-electron chi connectivity index (χ4n) is 2.50. The van der Waals surface area contributed by atoms with Crippen LogP contribution in [0.15, 0.2) is 21.5 Å². The minimum atomic E-state index is -0.262. The average Bonchev–Trinajstić information content (AvgIpc) is 3.28. The Balaban J connectivity index is 1.52. The first kappa shape index (κ1) is 13.2. The summed E-state index contributed by atoms with van der Waals surface area (Å²) in [5, 5.41) is 3.05. The van der Waals surface area contributed by atoms with Crippen molar-refractivity contribution in [3.05, 3.63) is 28.3 Å². The Bertz CT molecular complexity index is 545. The van der Waals surface area contributed by atoms with E-state index in [0.29, 0.717) is 23.6 Å². The van der Waals surface area contributed by atoms with Gasteiger partial charge in [-0.1, -0.05) is 0 Å². The van der Waals surface area contributed by atoms with Crippen molar-refractivity contribution in [1.29, 1.82) is 0 Å². The van der Waals surface area contributed by atoms with E-state index in [1.165, 1.54) is 38.0 Å². The number of carbonyl (C=O) groups excluding carboxylic acids is 1. The van der Waals surface area contributed by atoms with Gasteiger partial charge in [0.1, 0.15) is 12.0 Å². The first-order chi connectivity index (χ1) is 9.63. The summed E-state index contributed by atoms with van der Waals surface area (Å²) >= 11 is 0. The second-order valence-electron chi connectivity index (χ2n) is 5.78. The summed E-state index contributed by atoms with van der Waals surface area (Å²) < 4.78 is 10.3. The number of nitrogens with one attached hydrogen (secondary N) is 1. The zero-order chi connectivity index (χ0) is 14.1. The largest absolute Gasteiger partial charge is 0.477 e. The molecule has 0 atom stereocenters. The molecule has 0 saturated heterocycles. The van der Waals surface area contributed by atoms with Crippen molar-refractivity contribution in [2.24, 2.45) is 11.8 Å². The van der Waals surface area contributed by atoms with E-state index in [0.717, 1.165) is 0 Å². The summed E-state index contributed by atoms with van der Waals surface area (Å²) in [6.07, 6.45) is 6.10. The van der Waals surface area contributed by atoms with E-state index in [2.05, 4.69) is 5.32 Å². The number of hydrogen-bond donors (Lipinski definition) is 1. The number of rotatable bonds is 6. The molecule has 1 aromatic rings. The second kappa shape index (κ2) is 5.31. The van der Waals surface area contributed by atoms with Gasteiger partial charge in [0, 0.05) is 12.1 Å². The van der Waals surface area contributed by atoms with E-state index < -0.39 is 0 Å². The van der Waals surface area contributed by atoms with Crippen LogP contribution in [0.25, 0.3) is 0 Å². The maximum absolute atomic E-state index is 11.9. The van der Waals surface area contributed by atoms with Gasteiger partial charge in [0.25, 0.3) is 5.91 Å². The van der Waals surface area contributed by atoms with E-state index in [-0.39, 0.29) is 23.7 Å². The number of aryl methyl sites for hydroxylation is 1. The molecule has 2 aliphatic carbocycles. The quantitative estimate of drug-likeness (QED) is 0.858. The predicted octanol–water partition coefficient (Wildman–Crippen LogP) is 1.63. The molecule has 0 aromatic carbocycles. The zero-order valence-electron chi connectivity index (χ0n) is 11.6. The summed E-state index contributed by atoms with van der Waals surface area (Å²) in [5.41, 5.74) is -0.262. The normalized spacial score (nSPS) is 18.1. The van der Waals surface area contributed by atoms with Crippen molar-refractivity contribution in [2.75, 3.05) is 6.61 Å². The van der Waals surface area contributed by atoms with Gasteiger partial charge in [-0.05, 0) is 44.4 Å². The molecule has 2 aliphatic rings. The topological polar surface area (TPSA) is 68.5 Å². The van der Waals surface area contributed by atoms with Gasteiger partial charge in [0.15, 0.2) is 6.61 Å². The molecule has 5 heteroatoms. The molecule has 108 valence electrons. The SMILES string of the molecule is Cc1cc(=O)c(OCC(=O)NC(C2CC2)C2CC2)co1. The fraction of sp³-hybridized carbons (Fsp3) is 0.600. The van der Waals surface area contributed by atoms with Gasteiger partial charge in [-0.2, -0.15) is 0 Å². The highest BCUT2D eigenvalue weighted by atomic mass is 16.5. The Hall–Kier alpha value is -1.78. The Kier molecular flexibility index (Phi) is 3.51. The predicted molar refractivity (Wildman–Crippen MR) is 72.6 cm³/mol. The highest BCUT2D eigenvalue weighted by Crippen LogP contribution is 2.44. The number of carbonyl (C=O) groups is 1. The van der Waals surface area contributed by atoms with Crippen molar-refractivity contribution < 1.29 is 13.9 Å². The molecule has 0 unspecified atom stereocenters. The molecule has 0 bridgehead atoms. The van der Waals surface area contributed by atoms with Crippen LogP contribution >= 0.6 is 0 Å². The lowest BCUT2D eigenvalue weighted by Crippen LogP contribution is -2.40. The molecule has 1 heterocycles. The maximum atomic E-state index is 11.9. The average molecular weight is 277 g/mol. The maximum Gasteiger partial charge on any atom is 0.258 e. The molecule has 1 aromatic heterocycles. The van der Waals surface area contributed by atoms with Gasteiger partial charge in [-0.3, -0.25) is 9.59 Å². The molecule has 1 amide bonds. The molecular formula is C15H19NO4. The summed E-state index contributed by atoms with van der Waals surface area (Å²) in [4.78, 5) is 23.5. The van der Waals surface area contributed by atoms with Gasteiger partial charge >= 0.3 is 0 Å². The van der Waals surface area contributed by atoms with Crippen LogP contribution in [0.5, 0.6) is 5.75 Å². The van der Waals surface area contributed by atoms with E-state index in [1.807, 2.05) is 0 Å². The molecule has 0 aliphatic heterocycles. The van der Waals surface area contributed by atoms with Crippen molar-refractivity contribution in [1.82, 2.24) is 5.32 Å². The van der Waals surface area contributed by atoms with Crippen LogP contribution in [0.3, 0.4) is 0 Å². The second-order valence-corrected chi connectivity index (χ2v) is 5.78. The smallest absolute Gasteiger partial charge is 0.258 e. The van der Waals surface area contributed by atoms with E-state index in [9.17, 15) is 9.59 Å². The molecule has 3 rings (SSSR count). The lowest BCUT2D eigenvalue weighted by molar-refractivity contribution is -0.124. The van der Waals surface area contributed by atoms with E-state index in [1.54, 1.807) is 6.92 Å². The fourth-order valence-corrected chi connectivity index (χ4v) is 2.50. The first-order valence-electron chi connectivity index (χ1n) is 7.15. The van der Waals surface area contributed by atoms with Gasteiger partial charge in [-0.15, -0.1) is 0 Å². The van der Waals surface area contributed by atoms with Crippen LogP contribution in [-0.4, -0.2) is 18.6 Å². The molecule has 1 N–H and O–H groups in total. The van der Waals surface area contributed by atoms with Crippen molar-refractivity contribution >= 4 is 5.91 Å². The highest BCUT2D eigenvalue weighted by molar-refractivity contribution is 5.78. The minimum absolute atomic E-state index is 0.0835. The van der Waals surface area contributed by atoms with Gasteiger partial charge in [0.2, 0.25) is 11.2 Å². The van der Waals surface area contributed by atoms with Crippen molar-refractivity contribution in [2.45, 2.75) is 38.6 Å². The van der Waals surface area contributed by atoms with Crippen LogP contribution in [0, 0.1) is 18.8 Å². The molecule has 2 saturated carbocycles. The summed E-state index contributed by atoms with van der Waals surface area (Å²) in [6, 6.07) is 1.66. The lowest BCUT2D eigenvalue weighted by Gasteiger charge is -2.17. The number of ether oxygens (including phenoxy) is 1. The molecule has 20 heavy (non-hydrogen) atoms. The third-order valence-electron chi connectivity index (χ3n) is 3.88. The van der Waals surface area contributed by atoms with Gasteiger partial charge < -0.3 is 14.5 Å². The lowest BCUT2D eigenvalue weighted by atomic mass is 10.1. The van der Waals surface area contributed by atoms with Crippen LogP contribution in [0.1, 0.15) is 31.4 Å². The van der Waals surface area contributed by atoms with Crippen LogP contribution in [0.2, 0.25) is 0 Å².